The summed E-state index contributed by atoms with van der Waals surface area (Å²) in [6, 6.07) is 9.84. The van der Waals surface area contributed by atoms with Gasteiger partial charge >= 0.3 is 0 Å². The van der Waals surface area contributed by atoms with Crippen LogP contribution in [0.25, 0.3) is 0 Å². The first-order valence-electron chi connectivity index (χ1n) is 7.48. The number of carbonyl (C=O) groups excluding carboxylic acids is 1. The van der Waals surface area contributed by atoms with Crippen molar-refractivity contribution in [3.05, 3.63) is 52.5 Å². The number of halogens is 1. The number of hydrogen-bond acceptors (Lipinski definition) is 3. The normalized spacial score (nSPS) is 13.7. The lowest BCUT2D eigenvalue weighted by molar-refractivity contribution is -0.116. The molecule has 0 unspecified atom stereocenters. The van der Waals surface area contributed by atoms with Crippen LogP contribution in [0.1, 0.15) is 18.1 Å². The Balaban J connectivity index is 1.92. The fourth-order valence-electron chi connectivity index (χ4n) is 2.72. The Kier molecular flexibility index (Phi) is 4.27. The molecule has 0 atom stereocenters. The van der Waals surface area contributed by atoms with Crippen LogP contribution in [-0.4, -0.2) is 20.9 Å². The fraction of sp³-hybridized carbons (Fsp3) is 0.235. The molecule has 0 fully saturated rings. The van der Waals surface area contributed by atoms with Crippen LogP contribution >= 0.6 is 11.6 Å². The van der Waals surface area contributed by atoms with Crippen molar-refractivity contribution in [1.82, 2.24) is 0 Å². The van der Waals surface area contributed by atoms with E-state index >= 15 is 0 Å². The molecule has 0 spiro atoms. The number of sulfonamides is 1. The van der Waals surface area contributed by atoms with E-state index in [0.29, 0.717) is 17.3 Å². The lowest BCUT2D eigenvalue weighted by Crippen LogP contribution is -2.25. The lowest BCUT2D eigenvalue weighted by atomic mass is 10.1. The molecule has 0 saturated heterocycles. The molecule has 0 saturated carbocycles. The molecule has 2 aromatic rings. The van der Waals surface area contributed by atoms with Gasteiger partial charge in [-0.05, 0) is 48.7 Å². The van der Waals surface area contributed by atoms with Crippen molar-refractivity contribution in [3.8, 4) is 0 Å². The second-order valence-corrected chi connectivity index (χ2v) is 7.87. The number of nitrogens with one attached hydrogen (secondary N) is 1. The minimum atomic E-state index is -3.75. The third kappa shape index (κ3) is 3.12. The van der Waals surface area contributed by atoms with Crippen LogP contribution in [0.2, 0.25) is 5.02 Å². The molecule has 0 bridgehead atoms. The first kappa shape index (κ1) is 16.8. The van der Waals surface area contributed by atoms with Gasteiger partial charge in [0.2, 0.25) is 5.91 Å². The summed E-state index contributed by atoms with van der Waals surface area (Å²) in [5, 5.41) is 0.398. The van der Waals surface area contributed by atoms with E-state index in [0.717, 1.165) is 23.2 Å². The average Bonchev–Trinajstić information content (AvgIpc) is 2.92. The van der Waals surface area contributed by atoms with Gasteiger partial charge in [-0.1, -0.05) is 23.7 Å². The van der Waals surface area contributed by atoms with E-state index in [4.69, 9.17) is 11.6 Å². The van der Waals surface area contributed by atoms with Crippen molar-refractivity contribution in [2.45, 2.75) is 25.2 Å². The lowest BCUT2D eigenvalue weighted by Gasteiger charge is -2.16. The van der Waals surface area contributed by atoms with E-state index in [-0.39, 0.29) is 10.8 Å². The summed E-state index contributed by atoms with van der Waals surface area (Å²) >= 11 is 6.02. The molecule has 7 heteroatoms. The highest BCUT2D eigenvalue weighted by molar-refractivity contribution is 7.92. The predicted molar refractivity (Wildman–Crippen MR) is 95.2 cm³/mol. The second-order valence-electron chi connectivity index (χ2n) is 5.78. The van der Waals surface area contributed by atoms with Gasteiger partial charge in [0.25, 0.3) is 10.0 Å². The molecule has 5 nitrogen and oxygen atoms in total. The summed E-state index contributed by atoms with van der Waals surface area (Å²) in [5.74, 6) is -0.0564. The number of rotatable bonds is 3. The molecule has 0 aliphatic carbocycles. The molecule has 0 radical (unpaired) electrons. The summed E-state index contributed by atoms with van der Waals surface area (Å²) in [7, 11) is -3.75. The summed E-state index contributed by atoms with van der Waals surface area (Å²) in [6.45, 7) is 3.93. The van der Waals surface area contributed by atoms with Crippen molar-refractivity contribution in [2.75, 3.05) is 16.2 Å². The maximum atomic E-state index is 12.5. The van der Waals surface area contributed by atoms with E-state index in [2.05, 4.69) is 4.72 Å². The molecule has 1 heterocycles. The number of fused-ring (bicyclic) bond motifs is 1. The summed E-state index contributed by atoms with van der Waals surface area (Å²) in [4.78, 5) is 13.4. The number of nitrogens with zero attached hydrogens (tertiary/aromatic N) is 1. The molecule has 2 aromatic carbocycles. The van der Waals surface area contributed by atoms with E-state index in [9.17, 15) is 13.2 Å². The molecule has 1 N–H and O–H groups in total. The zero-order valence-corrected chi connectivity index (χ0v) is 14.9. The first-order valence-corrected chi connectivity index (χ1v) is 9.34. The van der Waals surface area contributed by atoms with Gasteiger partial charge in [-0.3, -0.25) is 9.52 Å². The van der Waals surface area contributed by atoms with Gasteiger partial charge in [0, 0.05) is 24.2 Å². The van der Waals surface area contributed by atoms with Crippen LogP contribution in [-0.2, 0) is 21.2 Å². The first-order chi connectivity index (χ1) is 11.3. The Hall–Kier alpha value is -2.05. The van der Waals surface area contributed by atoms with Gasteiger partial charge in [-0.15, -0.1) is 0 Å². The standard InChI is InChI=1S/C17H17ClN2O3S/c1-11-3-6-15(10-16(11)18)24(22,23)19-14-5-4-13-7-8-20(12(2)21)17(13)9-14/h3-6,9-10,19H,7-8H2,1-2H3. The van der Waals surface area contributed by atoms with E-state index in [1.165, 1.54) is 19.1 Å². The van der Waals surface area contributed by atoms with Gasteiger partial charge in [0.1, 0.15) is 0 Å². The number of anilines is 2. The Morgan fingerprint density at radius 2 is 1.96 bits per heavy atom. The smallest absolute Gasteiger partial charge is 0.261 e. The molecule has 0 aromatic heterocycles. The summed E-state index contributed by atoms with van der Waals surface area (Å²) in [6.07, 6.45) is 0.773. The van der Waals surface area contributed by atoms with Crippen LogP contribution in [0.15, 0.2) is 41.3 Å². The number of hydrogen-bond donors (Lipinski definition) is 1. The van der Waals surface area contributed by atoms with E-state index < -0.39 is 10.0 Å². The molecule has 1 aliphatic rings. The minimum absolute atomic E-state index is 0.0564. The van der Waals surface area contributed by atoms with Gasteiger partial charge in [-0.25, -0.2) is 8.42 Å². The zero-order chi connectivity index (χ0) is 17.5. The SMILES string of the molecule is CC(=O)N1CCc2ccc(NS(=O)(=O)c3ccc(C)c(Cl)c3)cc21. The highest BCUT2D eigenvalue weighted by Crippen LogP contribution is 2.32. The van der Waals surface area contributed by atoms with Crippen LogP contribution in [0.4, 0.5) is 11.4 Å². The van der Waals surface area contributed by atoms with E-state index in [1.54, 1.807) is 23.1 Å². The number of aryl methyl sites for hydroxylation is 1. The second kappa shape index (κ2) is 6.11. The van der Waals surface area contributed by atoms with Crippen LogP contribution in [0.3, 0.4) is 0 Å². The molecular formula is C17H17ClN2O3S. The molecular weight excluding hydrogens is 348 g/mol. The number of benzene rings is 2. The maximum absolute atomic E-state index is 12.5. The molecule has 126 valence electrons. The van der Waals surface area contributed by atoms with E-state index in [1.807, 2.05) is 13.0 Å². The average molecular weight is 365 g/mol. The largest absolute Gasteiger partial charge is 0.312 e. The molecule has 1 aliphatic heterocycles. The predicted octanol–water partition coefficient (Wildman–Crippen LogP) is 3.36. The van der Waals surface area contributed by atoms with Gasteiger partial charge in [-0.2, -0.15) is 0 Å². The zero-order valence-electron chi connectivity index (χ0n) is 13.3. The summed E-state index contributed by atoms with van der Waals surface area (Å²) in [5.41, 5.74) is 3.01. The number of carbonyl (C=O) groups is 1. The molecule has 3 rings (SSSR count). The van der Waals surface area contributed by atoms with Crippen molar-refractivity contribution < 1.29 is 13.2 Å². The van der Waals surface area contributed by atoms with Crippen molar-refractivity contribution in [2.24, 2.45) is 0 Å². The molecule has 24 heavy (non-hydrogen) atoms. The van der Waals surface area contributed by atoms with Crippen molar-refractivity contribution in [3.63, 3.8) is 0 Å². The van der Waals surface area contributed by atoms with Crippen molar-refractivity contribution >= 4 is 38.9 Å². The highest BCUT2D eigenvalue weighted by atomic mass is 35.5. The fourth-order valence-corrected chi connectivity index (χ4v) is 4.05. The quantitative estimate of drug-likeness (QED) is 0.908. The Labute approximate surface area is 146 Å². The monoisotopic (exact) mass is 364 g/mol. The minimum Gasteiger partial charge on any atom is -0.312 e. The Morgan fingerprint density at radius 3 is 2.62 bits per heavy atom. The highest BCUT2D eigenvalue weighted by Gasteiger charge is 2.23. The Morgan fingerprint density at radius 1 is 1.21 bits per heavy atom. The van der Waals surface area contributed by atoms with Crippen LogP contribution in [0, 0.1) is 6.92 Å². The third-order valence-electron chi connectivity index (χ3n) is 4.07. The van der Waals surface area contributed by atoms with Crippen LogP contribution in [0.5, 0.6) is 0 Å². The maximum Gasteiger partial charge on any atom is 0.261 e. The van der Waals surface area contributed by atoms with Crippen molar-refractivity contribution in [1.29, 1.82) is 0 Å². The molecule has 1 amide bonds. The third-order valence-corrected chi connectivity index (χ3v) is 5.85. The topological polar surface area (TPSA) is 66.5 Å². The number of amides is 1. The van der Waals surface area contributed by atoms with Gasteiger partial charge in [0.05, 0.1) is 10.6 Å². The summed E-state index contributed by atoms with van der Waals surface area (Å²) < 4.78 is 27.6. The van der Waals surface area contributed by atoms with Gasteiger partial charge in [0.15, 0.2) is 0 Å². The van der Waals surface area contributed by atoms with Crippen LogP contribution < -0.4 is 9.62 Å². The Bertz CT molecular complexity index is 925. The van der Waals surface area contributed by atoms with Gasteiger partial charge < -0.3 is 4.90 Å².